The van der Waals surface area contributed by atoms with Crippen molar-refractivity contribution in [3.05, 3.63) is 34.1 Å². The predicted molar refractivity (Wildman–Crippen MR) is 155 cm³/mol. The lowest BCUT2D eigenvalue weighted by atomic mass is 9.56. The van der Waals surface area contributed by atoms with Crippen LogP contribution in [-0.2, 0) is 32.0 Å². The summed E-state index contributed by atoms with van der Waals surface area (Å²) in [4.78, 5) is 42.1. The Bertz CT molecular complexity index is 1380. The van der Waals surface area contributed by atoms with Crippen molar-refractivity contribution < 1.29 is 33.7 Å². The van der Waals surface area contributed by atoms with E-state index < -0.39 is 46.9 Å². The highest BCUT2D eigenvalue weighted by molar-refractivity contribution is 6.26. The van der Waals surface area contributed by atoms with Gasteiger partial charge in [0.15, 0.2) is 17.2 Å². The lowest BCUT2D eigenvalue weighted by molar-refractivity contribution is -0.143. The molecule has 11 nitrogen and oxygen atoms in total. The van der Waals surface area contributed by atoms with Gasteiger partial charge in [0, 0.05) is 41.8 Å². The molecule has 0 radical (unpaired) electrons. The second-order valence-corrected chi connectivity index (χ2v) is 12.6. The maximum Gasteiger partial charge on any atom is 0.233 e. The van der Waals surface area contributed by atoms with E-state index in [2.05, 4.69) is 12.2 Å². The first-order valence-electron chi connectivity index (χ1n) is 14.5. The van der Waals surface area contributed by atoms with Crippen molar-refractivity contribution in [3.8, 4) is 11.5 Å². The molecule has 5 N–H and O–H groups in total. The van der Waals surface area contributed by atoms with E-state index in [1.165, 1.54) is 27.1 Å². The molecule has 5 unspecified atom stereocenters. The Balaban J connectivity index is 1.67. The molecule has 0 aromatic heterocycles. The van der Waals surface area contributed by atoms with E-state index in [0.717, 1.165) is 18.4 Å². The van der Waals surface area contributed by atoms with Gasteiger partial charge in [-0.15, -0.1) is 0 Å². The maximum atomic E-state index is 14.3. The van der Waals surface area contributed by atoms with Crippen molar-refractivity contribution in [2.75, 3.05) is 35.4 Å². The number of allylic oxidation sites excluding steroid dienone is 1. The van der Waals surface area contributed by atoms with Gasteiger partial charge in [0.2, 0.25) is 5.91 Å². The van der Waals surface area contributed by atoms with E-state index in [-0.39, 0.29) is 33.9 Å². The molecule has 0 aliphatic heterocycles. The Morgan fingerprint density at radius 2 is 1.86 bits per heavy atom. The number of hydrogen-bond donors (Lipinski definition) is 4. The number of fused-ring (bicyclic) bond motifs is 3. The molecule has 228 valence electrons. The van der Waals surface area contributed by atoms with Crippen LogP contribution in [0, 0.1) is 23.2 Å². The summed E-state index contributed by atoms with van der Waals surface area (Å²) in [6, 6.07) is 0.760. The number of amides is 1. The molecule has 5 rings (SSSR count). The van der Waals surface area contributed by atoms with Gasteiger partial charge in [0.1, 0.15) is 23.2 Å². The molecule has 42 heavy (non-hydrogen) atoms. The Kier molecular flexibility index (Phi) is 7.74. The summed E-state index contributed by atoms with van der Waals surface area (Å²) in [7, 11) is 7.79. The Hall–Kier alpha value is -3.28. The first-order chi connectivity index (χ1) is 19.9. The van der Waals surface area contributed by atoms with Gasteiger partial charge in [-0.25, -0.2) is 0 Å². The van der Waals surface area contributed by atoms with Gasteiger partial charge in [-0.3, -0.25) is 19.3 Å². The van der Waals surface area contributed by atoms with Crippen LogP contribution in [-0.4, -0.2) is 85.8 Å². The SMILES string of the molecule is COC1=C2C(=O)c3c(O)cc(CNC4(C)CCCC4)c(OC)c3CC2CC2C(N(C)C)C(=O)C(C(N)=O)C(=N)C12OC. The summed E-state index contributed by atoms with van der Waals surface area (Å²) in [5, 5.41) is 23.9. The molecule has 1 aromatic carbocycles. The quantitative estimate of drug-likeness (QED) is 0.336. The predicted octanol–water partition coefficient (Wildman–Crippen LogP) is 2.12. The van der Waals surface area contributed by atoms with Crippen molar-refractivity contribution in [2.45, 2.75) is 69.2 Å². The second-order valence-electron chi connectivity index (χ2n) is 12.6. The third kappa shape index (κ3) is 4.27. The van der Waals surface area contributed by atoms with Gasteiger partial charge in [-0.05, 0) is 58.7 Å². The van der Waals surface area contributed by atoms with Gasteiger partial charge in [0.05, 0.1) is 31.5 Å². The number of phenols is 1. The Morgan fingerprint density at radius 3 is 2.40 bits per heavy atom. The third-order valence-electron chi connectivity index (χ3n) is 10.0. The molecule has 11 heteroatoms. The Morgan fingerprint density at radius 1 is 1.19 bits per heavy atom. The highest BCUT2D eigenvalue weighted by atomic mass is 16.5. The highest BCUT2D eigenvalue weighted by Crippen LogP contribution is 2.55. The van der Waals surface area contributed by atoms with Crippen LogP contribution in [0.3, 0.4) is 0 Å². The first-order valence-corrected chi connectivity index (χ1v) is 14.5. The van der Waals surface area contributed by atoms with Crippen molar-refractivity contribution in [3.63, 3.8) is 0 Å². The normalized spacial score (nSPS) is 30.2. The van der Waals surface area contributed by atoms with Crippen molar-refractivity contribution in [1.29, 1.82) is 5.41 Å². The second kappa shape index (κ2) is 10.8. The number of ketones is 2. The van der Waals surface area contributed by atoms with Crippen LogP contribution in [0.25, 0.3) is 0 Å². The zero-order valence-corrected chi connectivity index (χ0v) is 25.3. The van der Waals surface area contributed by atoms with Crippen molar-refractivity contribution in [1.82, 2.24) is 10.2 Å². The number of phenolic OH excluding ortho intramolecular Hbond substituents is 1. The number of primary amides is 1. The van der Waals surface area contributed by atoms with E-state index in [1.807, 2.05) is 0 Å². The number of aromatic hydroxyl groups is 1. The number of nitrogens with zero attached hydrogens (tertiary/aromatic N) is 1. The van der Waals surface area contributed by atoms with E-state index in [4.69, 9.17) is 25.4 Å². The smallest absolute Gasteiger partial charge is 0.233 e. The standard InChI is InChI=1S/C31H42N4O7/c1-30(9-7-8-10-30)34-14-16-13-19(36)21-17(26(16)40-4)11-15-12-18-23(35(2)3)25(38)22(29(33)39)27(32)31(18,42-6)28(41-5)20(15)24(21)37/h13,15,18,22-23,32,34,36H,7-12,14H2,1-6H3,(H2,33,39). The Labute approximate surface area is 246 Å². The number of nitrogens with one attached hydrogen (secondary N) is 2. The zero-order valence-electron chi connectivity index (χ0n) is 25.3. The van der Waals surface area contributed by atoms with E-state index in [0.29, 0.717) is 30.7 Å². The lowest BCUT2D eigenvalue weighted by Gasteiger charge is -2.54. The van der Waals surface area contributed by atoms with E-state index in [1.54, 1.807) is 32.2 Å². The number of carbonyl (C=O) groups is 3. The zero-order chi connectivity index (χ0) is 30.7. The van der Waals surface area contributed by atoms with Crippen LogP contribution in [0.5, 0.6) is 11.5 Å². The number of methoxy groups -OCH3 is 3. The van der Waals surface area contributed by atoms with Crippen molar-refractivity contribution >= 4 is 23.2 Å². The number of hydrogen-bond acceptors (Lipinski definition) is 10. The lowest BCUT2D eigenvalue weighted by Crippen LogP contribution is -2.70. The fourth-order valence-electron chi connectivity index (χ4n) is 8.15. The molecule has 0 heterocycles. The maximum absolute atomic E-state index is 14.3. The molecular formula is C31H42N4O7. The largest absolute Gasteiger partial charge is 0.507 e. The van der Waals surface area contributed by atoms with Gasteiger partial charge in [0.25, 0.3) is 0 Å². The summed E-state index contributed by atoms with van der Waals surface area (Å²) in [5.41, 5.74) is 5.41. The topological polar surface area (TPSA) is 164 Å². The summed E-state index contributed by atoms with van der Waals surface area (Å²) < 4.78 is 17.8. The van der Waals surface area contributed by atoms with Crippen LogP contribution in [0.15, 0.2) is 17.4 Å². The molecule has 2 fully saturated rings. The molecule has 1 amide bonds. The molecular weight excluding hydrogens is 540 g/mol. The average molecular weight is 583 g/mol. The summed E-state index contributed by atoms with van der Waals surface area (Å²) >= 11 is 0. The minimum absolute atomic E-state index is 0.00439. The number of benzene rings is 1. The van der Waals surface area contributed by atoms with Crippen LogP contribution < -0.4 is 15.8 Å². The van der Waals surface area contributed by atoms with Crippen LogP contribution in [0.4, 0.5) is 0 Å². The average Bonchev–Trinajstić information content (AvgIpc) is 3.37. The van der Waals surface area contributed by atoms with Gasteiger partial charge >= 0.3 is 0 Å². The number of nitrogens with two attached hydrogens (primary N) is 1. The molecule has 5 atom stereocenters. The molecule has 2 saturated carbocycles. The molecule has 1 aromatic rings. The first kappa shape index (κ1) is 30.2. The third-order valence-corrected chi connectivity index (χ3v) is 10.0. The molecule has 0 saturated heterocycles. The van der Waals surface area contributed by atoms with Gasteiger partial charge in [-0.2, -0.15) is 0 Å². The fraction of sp³-hybridized carbons (Fsp3) is 0.613. The minimum Gasteiger partial charge on any atom is -0.507 e. The number of ether oxygens (including phenoxy) is 3. The highest BCUT2D eigenvalue weighted by Gasteiger charge is 2.66. The number of Topliss-reactive ketones (excluding diaryl/α,β-unsaturated/α-hetero) is 2. The van der Waals surface area contributed by atoms with Crippen LogP contribution >= 0.6 is 0 Å². The van der Waals surface area contributed by atoms with Crippen LogP contribution in [0.2, 0.25) is 0 Å². The molecule has 0 spiro atoms. The van der Waals surface area contributed by atoms with Gasteiger partial charge in [-0.1, -0.05) is 12.8 Å². The fourth-order valence-corrected chi connectivity index (χ4v) is 8.15. The van der Waals surface area contributed by atoms with E-state index >= 15 is 0 Å². The summed E-state index contributed by atoms with van der Waals surface area (Å²) in [5.74, 6) is -3.99. The number of likely N-dealkylation sites (N-methyl/N-ethyl adjacent to an activating group) is 1. The number of rotatable bonds is 8. The van der Waals surface area contributed by atoms with Crippen LogP contribution in [0.1, 0.15) is 60.5 Å². The number of carbonyl (C=O) groups excluding carboxylic acids is 3. The molecule has 0 bridgehead atoms. The van der Waals surface area contributed by atoms with Gasteiger partial charge < -0.3 is 35.8 Å². The summed E-state index contributed by atoms with van der Waals surface area (Å²) in [6.45, 7) is 2.68. The molecule has 4 aliphatic carbocycles. The minimum atomic E-state index is -1.67. The van der Waals surface area contributed by atoms with E-state index in [9.17, 15) is 19.5 Å². The van der Waals surface area contributed by atoms with Crippen molar-refractivity contribution in [2.24, 2.45) is 23.5 Å². The molecule has 4 aliphatic rings. The monoisotopic (exact) mass is 582 g/mol. The summed E-state index contributed by atoms with van der Waals surface area (Å²) in [6.07, 6.45) is 5.13.